The normalized spacial score (nSPS) is 11.1. The fourth-order valence-electron chi connectivity index (χ4n) is 2.11. The van der Waals surface area contributed by atoms with Crippen LogP contribution in [0.15, 0.2) is 35.7 Å². The molecule has 0 saturated carbocycles. The predicted octanol–water partition coefficient (Wildman–Crippen LogP) is 5.32. The van der Waals surface area contributed by atoms with E-state index in [2.05, 4.69) is 11.9 Å². The third-order valence-electron chi connectivity index (χ3n) is 3.09. The lowest BCUT2D eigenvalue weighted by atomic mass is 10.1. The van der Waals surface area contributed by atoms with Gasteiger partial charge >= 0.3 is 0 Å². The number of thiophene rings is 1. The number of nitrogens with zero attached hydrogens (tertiary/aromatic N) is 1. The van der Waals surface area contributed by atoms with Gasteiger partial charge in [-0.2, -0.15) is 0 Å². The topological polar surface area (TPSA) is 12.9 Å². The minimum atomic E-state index is -0.188. The molecule has 3 rings (SSSR count). The summed E-state index contributed by atoms with van der Waals surface area (Å²) in [5.74, 6) is -0.188. The van der Waals surface area contributed by atoms with E-state index in [-0.39, 0.29) is 5.82 Å². The predicted molar refractivity (Wildman–Crippen MR) is 79.4 cm³/mol. The first-order valence-electron chi connectivity index (χ1n) is 6.01. The van der Waals surface area contributed by atoms with Gasteiger partial charge in [-0.1, -0.05) is 30.7 Å². The van der Waals surface area contributed by atoms with E-state index in [0.29, 0.717) is 9.85 Å². The number of rotatable bonds is 2. The van der Waals surface area contributed by atoms with E-state index in [9.17, 15) is 4.39 Å². The molecule has 0 unspecified atom stereocenters. The summed E-state index contributed by atoms with van der Waals surface area (Å²) in [7, 11) is 0. The van der Waals surface area contributed by atoms with Crippen molar-refractivity contribution < 1.29 is 4.39 Å². The third-order valence-corrected chi connectivity index (χ3v) is 4.29. The van der Waals surface area contributed by atoms with Gasteiger partial charge in [0, 0.05) is 16.3 Å². The fraction of sp³-hybridized carbons (Fsp3) is 0.133. The molecule has 0 aliphatic heterocycles. The highest BCUT2D eigenvalue weighted by atomic mass is 35.5. The molecule has 0 atom stereocenters. The van der Waals surface area contributed by atoms with Gasteiger partial charge in [0.2, 0.25) is 0 Å². The maximum atomic E-state index is 13.7. The fourth-order valence-corrected chi connectivity index (χ4v) is 3.31. The molecule has 0 N–H and O–H groups in total. The maximum Gasteiger partial charge on any atom is 0.141 e. The van der Waals surface area contributed by atoms with Crippen LogP contribution in [0.3, 0.4) is 0 Å². The zero-order valence-electron chi connectivity index (χ0n) is 10.3. The molecule has 4 heteroatoms. The second-order valence-corrected chi connectivity index (χ2v) is 5.57. The summed E-state index contributed by atoms with van der Waals surface area (Å²) in [4.78, 5) is 4.35. The number of hydrogen-bond acceptors (Lipinski definition) is 2. The van der Waals surface area contributed by atoms with E-state index < -0.39 is 0 Å². The molecule has 0 fully saturated rings. The lowest BCUT2D eigenvalue weighted by Gasteiger charge is -2.04. The summed E-state index contributed by atoms with van der Waals surface area (Å²) >= 11 is 7.44. The Bertz CT molecular complexity index is 751. The Kier molecular flexibility index (Phi) is 3.25. The second-order valence-electron chi connectivity index (χ2n) is 4.30. The lowest BCUT2D eigenvalue weighted by molar-refractivity contribution is 0.642. The molecule has 0 aliphatic carbocycles. The molecule has 0 radical (unpaired) electrons. The van der Waals surface area contributed by atoms with Crippen molar-refractivity contribution in [2.45, 2.75) is 13.3 Å². The van der Waals surface area contributed by atoms with Gasteiger partial charge in [-0.05, 0) is 30.2 Å². The highest BCUT2D eigenvalue weighted by Crippen LogP contribution is 2.35. The molecule has 2 heterocycles. The highest BCUT2D eigenvalue weighted by molar-refractivity contribution is 7.17. The summed E-state index contributed by atoms with van der Waals surface area (Å²) in [6, 6.07) is 8.99. The first-order chi connectivity index (χ1) is 9.19. The van der Waals surface area contributed by atoms with E-state index in [0.717, 1.165) is 28.6 Å². The highest BCUT2D eigenvalue weighted by Gasteiger charge is 2.11. The SMILES string of the molecule is CCc1cc(Cl)nc(-c2csc3c(F)cccc23)c1. The number of fused-ring (bicyclic) bond motifs is 1. The van der Waals surface area contributed by atoms with Crippen LogP contribution in [0.5, 0.6) is 0 Å². The van der Waals surface area contributed by atoms with Gasteiger partial charge in [-0.3, -0.25) is 0 Å². The Morgan fingerprint density at radius 2 is 2.16 bits per heavy atom. The summed E-state index contributed by atoms with van der Waals surface area (Å²) in [6.45, 7) is 2.07. The number of benzene rings is 1. The molecule has 0 spiro atoms. The van der Waals surface area contributed by atoms with Crippen LogP contribution in [-0.4, -0.2) is 4.98 Å². The molecule has 1 aromatic carbocycles. The zero-order chi connectivity index (χ0) is 13.4. The van der Waals surface area contributed by atoms with Crippen LogP contribution in [0.25, 0.3) is 21.3 Å². The van der Waals surface area contributed by atoms with Crippen LogP contribution >= 0.6 is 22.9 Å². The Morgan fingerprint density at radius 3 is 2.95 bits per heavy atom. The first-order valence-corrected chi connectivity index (χ1v) is 7.27. The molecule has 19 heavy (non-hydrogen) atoms. The van der Waals surface area contributed by atoms with Gasteiger partial charge in [0.1, 0.15) is 11.0 Å². The van der Waals surface area contributed by atoms with Crippen molar-refractivity contribution in [3.63, 3.8) is 0 Å². The minimum absolute atomic E-state index is 0.188. The van der Waals surface area contributed by atoms with Crippen LogP contribution in [-0.2, 0) is 6.42 Å². The maximum absolute atomic E-state index is 13.7. The lowest BCUT2D eigenvalue weighted by Crippen LogP contribution is -1.88. The molecule has 0 bridgehead atoms. The summed E-state index contributed by atoms with van der Waals surface area (Å²) in [5, 5.41) is 3.30. The summed E-state index contributed by atoms with van der Waals surface area (Å²) in [5.41, 5.74) is 2.88. The standard InChI is InChI=1S/C15H11ClFNS/c1-2-9-6-13(18-14(16)7-9)11-8-19-15-10(11)4-3-5-12(15)17/h3-8H,2H2,1H3. The second kappa shape index (κ2) is 4.91. The summed E-state index contributed by atoms with van der Waals surface area (Å²) in [6.07, 6.45) is 0.895. The molecule has 0 saturated heterocycles. The molecule has 96 valence electrons. The van der Waals surface area contributed by atoms with E-state index >= 15 is 0 Å². The Labute approximate surface area is 119 Å². The van der Waals surface area contributed by atoms with Crippen LogP contribution < -0.4 is 0 Å². The number of aryl methyl sites for hydroxylation is 1. The van der Waals surface area contributed by atoms with Crippen LogP contribution in [0.1, 0.15) is 12.5 Å². The van der Waals surface area contributed by atoms with E-state index in [4.69, 9.17) is 11.6 Å². The van der Waals surface area contributed by atoms with Crippen molar-refractivity contribution in [1.29, 1.82) is 0 Å². The molecular formula is C15H11ClFNS. The smallest absolute Gasteiger partial charge is 0.141 e. The first kappa shape index (κ1) is 12.6. The largest absolute Gasteiger partial charge is 0.236 e. The van der Waals surface area contributed by atoms with Gasteiger partial charge in [0.05, 0.1) is 10.4 Å². The molecule has 0 amide bonds. The Hall–Kier alpha value is -1.45. The van der Waals surface area contributed by atoms with Crippen molar-refractivity contribution in [3.8, 4) is 11.3 Å². The van der Waals surface area contributed by atoms with E-state index in [1.807, 2.05) is 23.6 Å². The van der Waals surface area contributed by atoms with Crippen LogP contribution in [0, 0.1) is 5.82 Å². The van der Waals surface area contributed by atoms with E-state index in [1.54, 1.807) is 6.07 Å². The Morgan fingerprint density at radius 1 is 1.32 bits per heavy atom. The molecule has 3 aromatic rings. The minimum Gasteiger partial charge on any atom is -0.236 e. The zero-order valence-corrected chi connectivity index (χ0v) is 11.9. The molecular weight excluding hydrogens is 281 g/mol. The van der Waals surface area contributed by atoms with Gasteiger partial charge in [-0.15, -0.1) is 11.3 Å². The van der Waals surface area contributed by atoms with Gasteiger partial charge < -0.3 is 0 Å². The van der Waals surface area contributed by atoms with Crippen molar-refractivity contribution in [1.82, 2.24) is 4.98 Å². The van der Waals surface area contributed by atoms with Gasteiger partial charge in [0.25, 0.3) is 0 Å². The van der Waals surface area contributed by atoms with Crippen molar-refractivity contribution in [2.75, 3.05) is 0 Å². The third kappa shape index (κ3) is 2.24. The number of halogens is 2. The van der Waals surface area contributed by atoms with Crippen molar-refractivity contribution in [3.05, 3.63) is 52.2 Å². The number of hydrogen-bond donors (Lipinski definition) is 0. The summed E-state index contributed by atoms with van der Waals surface area (Å²) < 4.78 is 14.4. The number of pyridine rings is 1. The molecule has 2 aromatic heterocycles. The average molecular weight is 292 g/mol. The molecule has 0 aliphatic rings. The Balaban J connectivity index is 2.25. The van der Waals surface area contributed by atoms with Gasteiger partial charge in [-0.25, -0.2) is 9.37 Å². The molecule has 1 nitrogen and oxygen atoms in total. The monoisotopic (exact) mass is 291 g/mol. The van der Waals surface area contributed by atoms with Crippen LogP contribution in [0.4, 0.5) is 4.39 Å². The quantitative estimate of drug-likeness (QED) is 0.582. The van der Waals surface area contributed by atoms with Crippen LogP contribution in [0.2, 0.25) is 5.15 Å². The van der Waals surface area contributed by atoms with Crippen molar-refractivity contribution in [2.24, 2.45) is 0 Å². The van der Waals surface area contributed by atoms with Crippen molar-refractivity contribution >= 4 is 33.0 Å². The van der Waals surface area contributed by atoms with Gasteiger partial charge in [0.15, 0.2) is 0 Å². The number of aromatic nitrogens is 1. The van der Waals surface area contributed by atoms with E-state index in [1.165, 1.54) is 17.4 Å². The average Bonchev–Trinajstić information content (AvgIpc) is 2.83.